The summed E-state index contributed by atoms with van der Waals surface area (Å²) in [5.41, 5.74) is 3.08. The van der Waals surface area contributed by atoms with Gasteiger partial charge >= 0.3 is 0 Å². The van der Waals surface area contributed by atoms with Gasteiger partial charge in [0.25, 0.3) is 0 Å². The molecule has 2 aromatic carbocycles. The third-order valence-electron chi connectivity index (χ3n) is 5.93. The van der Waals surface area contributed by atoms with Crippen LogP contribution in [0.3, 0.4) is 0 Å². The predicted molar refractivity (Wildman–Crippen MR) is 127 cm³/mol. The van der Waals surface area contributed by atoms with E-state index in [0.717, 1.165) is 16.5 Å². The zero-order valence-corrected chi connectivity index (χ0v) is 18.5. The Labute approximate surface area is 196 Å². The maximum atomic E-state index is 15.4. The number of hydrogen-bond donors (Lipinski definition) is 0. The Kier molecular flexibility index (Phi) is 4.70. The minimum Gasteiger partial charge on any atom is -0.306 e. The Hall–Kier alpha value is -4.04. The van der Waals surface area contributed by atoms with E-state index in [1.54, 1.807) is 48.1 Å². The van der Waals surface area contributed by atoms with E-state index in [2.05, 4.69) is 19.9 Å². The van der Waals surface area contributed by atoms with Crippen molar-refractivity contribution in [3.8, 4) is 11.3 Å². The summed E-state index contributed by atoms with van der Waals surface area (Å²) >= 11 is 6.11. The molecule has 1 atom stereocenters. The molecule has 0 bridgehead atoms. The van der Waals surface area contributed by atoms with Crippen LogP contribution in [0.5, 0.6) is 0 Å². The molecule has 0 N–H and O–H groups in total. The lowest BCUT2D eigenvalue weighted by Crippen LogP contribution is -2.11. The second kappa shape index (κ2) is 7.78. The molecule has 4 aromatic heterocycles. The zero-order chi connectivity index (χ0) is 23.4. The molecule has 0 fully saturated rings. The van der Waals surface area contributed by atoms with Gasteiger partial charge in [0, 0.05) is 45.4 Å². The van der Waals surface area contributed by atoms with Crippen molar-refractivity contribution >= 4 is 44.7 Å². The molecule has 0 aliphatic heterocycles. The molecule has 1 unspecified atom stereocenters. The van der Waals surface area contributed by atoms with Crippen LogP contribution in [0.2, 0.25) is 5.02 Å². The summed E-state index contributed by atoms with van der Waals surface area (Å²) in [4.78, 5) is 21.9. The van der Waals surface area contributed by atoms with Crippen molar-refractivity contribution in [2.75, 3.05) is 0 Å². The van der Waals surface area contributed by atoms with Crippen LogP contribution in [0.1, 0.15) is 18.5 Å². The molecular formula is C25H15ClF2N6. The molecule has 6 nitrogen and oxygen atoms in total. The predicted octanol–water partition coefficient (Wildman–Crippen LogP) is 6.13. The Bertz CT molecular complexity index is 1730. The molecule has 4 heterocycles. The second-order valence-corrected chi connectivity index (χ2v) is 8.34. The van der Waals surface area contributed by atoms with E-state index in [9.17, 15) is 0 Å². The lowest BCUT2D eigenvalue weighted by atomic mass is 10.0. The molecular weight excluding hydrogens is 458 g/mol. The topological polar surface area (TPSA) is 69.4 Å². The van der Waals surface area contributed by atoms with Gasteiger partial charge < -0.3 is 4.57 Å². The van der Waals surface area contributed by atoms with E-state index >= 15 is 8.78 Å². The number of halogens is 3. The van der Waals surface area contributed by atoms with Gasteiger partial charge in [-0.3, -0.25) is 9.97 Å². The highest BCUT2D eigenvalue weighted by molar-refractivity contribution is 6.31. The highest BCUT2D eigenvalue weighted by Crippen LogP contribution is 2.32. The van der Waals surface area contributed by atoms with Gasteiger partial charge in [-0.1, -0.05) is 17.7 Å². The zero-order valence-electron chi connectivity index (χ0n) is 17.7. The van der Waals surface area contributed by atoms with Crippen LogP contribution in [0.4, 0.5) is 8.78 Å². The van der Waals surface area contributed by atoms with E-state index in [1.807, 2.05) is 12.1 Å². The first kappa shape index (κ1) is 20.6. The molecule has 0 spiro atoms. The fourth-order valence-electron chi connectivity index (χ4n) is 4.25. The molecule has 9 heteroatoms. The third kappa shape index (κ3) is 3.18. The number of rotatable bonds is 3. The van der Waals surface area contributed by atoms with Crippen LogP contribution in [-0.2, 0) is 0 Å². The fraction of sp³-hybridized carbons (Fsp3) is 0.0800. The molecule has 166 valence electrons. The minimum absolute atomic E-state index is 0.0870. The number of benzene rings is 2. The number of pyridine rings is 2. The van der Waals surface area contributed by atoms with E-state index < -0.39 is 17.7 Å². The first-order valence-electron chi connectivity index (χ1n) is 10.5. The summed E-state index contributed by atoms with van der Waals surface area (Å²) in [5, 5.41) is 1.70. The number of aromatic nitrogens is 6. The second-order valence-electron chi connectivity index (χ2n) is 7.91. The summed E-state index contributed by atoms with van der Waals surface area (Å²) in [6, 6.07) is 11.0. The summed E-state index contributed by atoms with van der Waals surface area (Å²) in [5.74, 6) is -1.34. The average molecular weight is 473 g/mol. The van der Waals surface area contributed by atoms with Gasteiger partial charge in [0.1, 0.15) is 11.6 Å². The van der Waals surface area contributed by atoms with Crippen LogP contribution in [0.15, 0.2) is 67.4 Å². The van der Waals surface area contributed by atoms with Crippen molar-refractivity contribution in [2.45, 2.75) is 13.0 Å². The standard InChI is InChI=1S/C25H15ClF2N6/c1-13(22-18(27)10-20-17(23(22)28)3-2-7-29-20)34-12-32-24-25(34)33-21(11-31-24)16-6-8-30-19-9-14(26)4-5-15(16)19/h2-13H,1H3. The first-order chi connectivity index (χ1) is 16.5. The number of imidazole rings is 1. The van der Waals surface area contributed by atoms with Gasteiger partial charge in [-0.15, -0.1) is 0 Å². The monoisotopic (exact) mass is 472 g/mol. The van der Waals surface area contributed by atoms with E-state index in [4.69, 9.17) is 16.6 Å². The van der Waals surface area contributed by atoms with Gasteiger partial charge in [0.15, 0.2) is 11.3 Å². The van der Waals surface area contributed by atoms with Crippen molar-refractivity contribution < 1.29 is 8.78 Å². The quantitative estimate of drug-likeness (QED) is 0.310. The maximum Gasteiger partial charge on any atom is 0.197 e. The Morgan fingerprint density at radius 2 is 1.74 bits per heavy atom. The Morgan fingerprint density at radius 3 is 2.62 bits per heavy atom. The van der Waals surface area contributed by atoms with Crippen molar-refractivity contribution in [1.82, 2.24) is 29.5 Å². The molecule has 0 saturated carbocycles. The number of fused-ring (bicyclic) bond motifs is 3. The molecule has 0 amide bonds. The van der Waals surface area contributed by atoms with Gasteiger partial charge in [0.2, 0.25) is 0 Å². The molecule has 0 aliphatic carbocycles. The molecule has 0 radical (unpaired) electrons. The summed E-state index contributed by atoms with van der Waals surface area (Å²) in [6.07, 6.45) is 6.29. The molecule has 34 heavy (non-hydrogen) atoms. The van der Waals surface area contributed by atoms with Gasteiger partial charge in [-0.2, -0.15) is 0 Å². The molecule has 6 rings (SSSR count). The van der Waals surface area contributed by atoms with Crippen molar-refractivity contribution in [3.63, 3.8) is 0 Å². The number of hydrogen-bond acceptors (Lipinski definition) is 5. The van der Waals surface area contributed by atoms with Gasteiger partial charge in [-0.05, 0) is 37.3 Å². The average Bonchev–Trinajstić information content (AvgIpc) is 3.26. The number of nitrogens with zero attached hydrogens (tertiary/aromatic N) is 6. The van der Waals surface area contributed by atoms with Crippen LogP contribution >= 0.6 is 11.6 Å². The molecule has 6 aromatic rings. The van der Waals surface area contributed by atoms with E-state index in [1.165, 1.54) is 18.6 Å². The fourth-order valence-corrected chi connectivity index (χ4v) is 4.42. The molecule has 0 aliphatic rings. The van der Waals surface area contributed by atoms with Crippen molar-refractivity contribution in [2.24, 2.45) is 0 Å². The molecule has 0 saturated heterocycles. The lowest BCUT2D eigenvalue weighted by molar-refractivity contribution is 0.517. The minimum atomic E-state index is -0.729. The SMILES string of the molecule is CC(c1c(F)cc2ncccc2c1F)n1cnc2ncc(-c3ccnc4cc(Cl)ccc34)nc21. The lowest BCUT2D eigenvalue weighted by Gasteiger charge is -2.17. The normalized spacial score (nSPS) is 12.6. The first-order valence-corrected chi connectivity index (χ1v) is 10.9. The maximum absolute atomic E-state index is 15.4. The van der Waals surface area contributed by atoms with E-state index in [0.29, 0.717) is 22.0 Å². The smallest absolute Gasteiger partial charge is 0.197 e. The third-order valence-corrected chi connectivity index (χ3v) is 6.17. The highest BCUT2D eigenvalue weighted by Gasteiger charge is 2.23. The van der Waals surface area contributed by atoms with Crippen LogP contribution in [0, 0.1) is 11.6 Å². The van der Waals surface area contributed by atoms with Crippen LogP contribution in [0.25, 0.3) is 44.4 Å². The largest absolute Gasteiger partial charge is 0.306 e. The summed E-state index contributed by atoms with van der Waals surface area (Å²) in [7, 11) is 0. The van der Waals surface area contributed by atoms with Crippen molar-refractivity contribution in [1.29, 1.82) is 0 Å². The van der Waals surface area contributed by atoms with Gasteiger partial charge in [0.05, 0.1) is 35.3 Å². The summed E-state index contributed by atoms with van der Waals surface area (Å²) in [6.45, 7) is 1.70. The van der Waals surface area contributed by atoms with Crippen LogP contribution in [-0.4, -0.2) is 29.5 Å². The highest BCUT2D eigenvalue weighted by atomic mass is 35.5. The Balaban J connectivity index is 1.52. The summed E-state index contributed by atoms with van der Waals surface area (Å²) < 4.78 is 32.0. The Morgan fingerprint density at radius 1 is 0.912 bits per heavy atom. The van der Waals surface area contributed by atoms with Crippen molar-refractivity contribution in [3.05, 3.63) is 89.6 Å². The van der Waals surface area contributed by atoms with E-state index in [-0.39, 0.29) is 16.5 Å². The van der Waals surface area contributed by atoms with Gasteiger partial charge in [-0.25, -0.2) is 23.7 Å². The van der Waals surface area contributed by atoms with Crippen LogP contribution < -0.4 is 0 Å².